The maximum absolute atomic E-state index is 5.84. The minimum Gasteiger partial charge on any atom is -0.355 e. The Labute approximate surface area is 102 Å². The van der Waals surface area contributed by atoms with Gasteiger partial charge in [-0.15, -0.1) is 0 Å². The summed E-state index contributed by atoms with van der Waals surface area (Å²) < 4.78 is 0. The largest absolute Gasteiger partial charge is 0.355 e. The summed E-state index contributed by atoms with van der Waals surface area (Å²) in [5.74, 6) is 1.00. The predicted octanol–water partition coefficient (Wildman–Crippen LogP) is 2.27. The Morgan fingerprint density at radius 2 is 2.31 bits per heavy atom. The maximum Gasteiger partial charge on any atom is 0.128 e. The summed E-state index contributed by atoms with van der Waals surface area (Å²) in [5, 5.41) is 0.693. The van der Waals surface area contributed by atoms with Gasteiger partial charge in [-0.25, -0.2) is 4.98 Å². The number of likely N-dealkylation sites (tertiary alicyclic amines) is 1. The Balaban J connectivity index is 2.06. The molecule has 1 atom stereocenters. The van der Waals surface area contributed by atoms with Crippen LogP contribution < -0.4 is 4.90 Å². The lowest BCUT2D eigenvalue weighted by atomic mass is 10.1. The zero-order chi connectivity index (χ0) is 11.5. The molecule has 3 nitrogen and oxygen atoms in total. The van der Waals surface area contributed by atoms with Crippen molar-refractivity contribution in [2.45, 2.75) is 18.9 Å². The Kier molecular flexibility index (Phi) is 3.66. The number of likely N-dealkylation sites (N-methyl/N-ethyl adjacent to an activating group) is 2. The fraction of sp³-hybridized carbons (Fsp3) is 0.583. The molecule has 1 unspecified atom stereocenters. The molecule has 4 heteroatoms. The summed E-state index contributed by atoms with van der Waals surface area (Å²) in [6, 6.07) is 4.44. The monoisotopic (exact) mass is 239 g/mol. The van der Waals surface area contributed by atoms with Gasteiger partial charge in [0.15, 0.2) is 0 Å². The summed E-state index contributed by atoms with van der Waals surface area (Å²) in [6.07, 6.45) is 4.21. The van der Waals surface area contributed by atoms with Crippen molar-refractivity contribution < 1.29 is 0 Å². The summed E-state index contributed by atoms with van der Waals surface area (Å²) >= 11 is 5.84. The number of hydrogen-bond acceptors (Lipinski definition) is 3. The van der Waals surface area contributed by atoms with Crippen molar-refractivity contribution in [1.29, 1.82) is 0 Å². The Hall–Kier alpha value is -0.800. The number of anilines is 1. The van der Waals surface area contributed by atoms with Crippen LogP contribution >= 0.6 is 11.6 Å². The van der Waals surface area contributed by atoms with Crippen LogP contribution in [0, 0.1) is 0 Å². The van der Waals surface area contributed by atoms with E-state index in [-0.39, 0.29) is 0 Å². The van der Waals surface area contributed by atoms with Crippen LogP contribution in [0.3, 0.4) is 0 Å². The van der Waals surface area contributed by atoms with Gasteiger partial charge in [0.1, 0.15) is 5.82 Å². The lowest BCUT2D eigenvalue weighted by Gasteiger charge is -2.36. The molecule has 0 radical (unpaired) electrons. The Morgan fingerprint density at radius 3 is 2.94 bits per heavy atom. The van der Waals surface area contributed by atoms with Gasteiger partial charge in [0.05, 0.1) is 5.02 Å². The van der Waals surface area contributed by atoms with Crippen LogP contribution in [0.2, 0.25) is 5.02 Å². The van der Waals surface area contributed by atoms with Gasteiger partial charge < -0.3 is 9.80 Å². The van der Waals surface area contributed by atoms with Gasteiger partial charge in [-0.3, -0.25) is 0 Å². The van der Waals surface area contributed by atoms with E-state index in [1.807, 2.05) is 12.1 Å². The highest BCUT2D eigenvalue weighted by atomic mass is 35.5. The summed E-state index contributed by atoms with van der Waals surface area (Å²) in [6.45, 7) is 2.32. The van der Waals surface area contributed by atoms with Crippen LogP contribution in [-0.2, 0) is 0 Å². The number of nitrogens with zero attached hydrogens (tertiary/aromatic N) is 3. The highest BCUT2D eigenvalue weighted by molar-refractivity contribution is 6.30. The predicted molar refractivity (Wildman–Crippen MR) is 68.2 cm³/mol. The fourth-order valence-corrected chi connectivity index (χ4v) is 2.33. The number of hydrogen-bond donors (Lipinski definition) is 0. The van der Waals surface area contributed by atoms with Crippen molar-refractivity contribution in [1.82, 2.24) is 9.88 Å². The molecule has 1 aromatic rings. The second kappa shape index (κ2) is 5.02. The topological polar surface area (TPSA) is 19.4 Å². The van der Waals surface area contributed by atoms with E-state index in [1.54, 1.807) is 6.20 Å². The molecule has 2 rings (SSSR count). The normalized spacial score (nSPS) is 22.1. The first-order valence-electron chi connectivity index (χ1n) is 5.70. The highest BCUT2D eigenvalue weighted by Gasteiger charge is 2.21. The van der Waals surface area contributed by atoms with Crippen molar-refractivity contribution in [3.8, 4) is 0 Å². The molecule has 0 spiro atoms. The first-order chi connectivity index (χ1) is 7.66. The summed E-state index contributed by atoms with van der Waals surface area (Å²) in [4.78, 5) is 8.99. The minimum absolute atomic E-state index is 0.562. The van der Waals surface area contributed by atoms with Crippen molar-refractivity contribution in [2.75, 3.05) is 32.1 Å². The van der Waals surface area contributed by atoms with Crippen LogP contribution in [0.1, 0.15) is 12.8 Å². The van der Waals surface area contributed by atoms with E-state index in [2.05, 4.69) is 28.9 Å². The highest BCUT2D eigenvalue weighted by Crippen LogP contribution is 2.20. The third kappa shape index (κ3) is 2.66. The molecular formula is C12H18ClN3. The number of aromatic nitrogens is 1. The Bertz CT molecular complexity index is 339. The third-order valence-electron chi connectivity index (χ3n) is 3.22. The van der Waals surface area contributed by atoms with Crippen LogP contribution in [0.15, 0.2) is 18.3 Å². The molecule has 0 N–H and O–H groups in total. The van der Waals surface area contributed by atoms with Gasteiger partial charge in [0.2, 0.25) is 0 Å². The minimum atomic E-state index is 0.562. The average molecular weight is 240 g/mol. The second-order valence-corrected chi connectivity index (χ2v) is 4.94. The molecule has 0 saturated carbocycles. The van der Waals surface area contributed by atoms with Gasteiger partial charge in [-0.05, 0) is 38.6 Å². The van der Waals surface area contributed by atoms with E-state index < -0.39 is 0 Å². The molecule has 1 aromatic heterocycles. The van der Waals surface area contributed by atoms with E-state index in [0.29, 0.717) is 11.1 Å². The van der Waals surface area contributed by atoms with Crippen molar-refractivity contribution in [3.05, 3.63) is 23.4 Å². The molecule has 1 aliphatic heterocycles. The number of piperidine rings is 1. The first-order valence-corrected chi connectivity index (χ1v) is 6.07. The fourth-order valence-electron chi connectivity index (χ4n) is 2.22. The van der Waals surface area contributed by atoms with Crippen LogP contribution in [0.4, 0.5) is 5.82 Å². The zero-order valence-electron chi connectivity index (χ0n) is 9.86. The van der Waals surface area contributed by atoms with Crippen LogP contribution in [0.5, 0.6) is 0 Å². The standard InChI is InChI=1S/C12H18ClN3/c1-15-7-3-4-11(9-15)16(2)12-6-5-10(13)8-14-12/h5-6,8,11H,3-4,7,9H2,1-2H3. The molecule has 16 heavy (non-hydrogen) atoms. The lowest BCUT2D eigenvalue weighted by molar-refractivity contribution is 0.247. The molecule has 0 amide bonds. The van der Waals surface area contributed by atoms with Gasteiger partial charge in [0.25, 0.3) is 0 Å². The number of halogens is 1. The quantitative estimate of drug-likeness (QED) is 0.789. The van der Waals surface area contributed by atoms with E-state index in [1.165, 1.54) is 19.4 Å². The van der Waals surface area contributed by atoms with E-state index in [4.69, 9.17) is 11.6 Å². The molecule has 1 saturated heterocycles. The summed E-state index contributed by atoms with van der Waals surface area (Å²) in [5.41, 5.74) is 0. The van der Waals surface area contributed by atoms with Crippen LogP contribution in [0.25, 0.3) is 0 Å². The lowest BCUT2D eigenvalue weighted by Crippen LogP contribution is -2.45. The first kappa shape index (κ1) is 11.7. The van der Waals surface area contributed by atoms with Crippen molar-refractivity contribution in [2.24, 2.45) is 0 Å². The molecule has 1 fully saturated rings. The van der Waals surface area contributed by atoms with Gasteiger partial charge in [-0.2, -0.15) is 0 Å². The zero-order valence-corrected chi connectivity index (χ0v) is 10.6. The summed E-state index contributed by atoms with van der Waals surface area (Å²) in [7, 11) is 4.29. The Morgan fingerprint density at radius 1 is 1.50 bits per heavy atom. The molecule has 0 bridgehead atoms. The van der Waals surface area contributed by atoms with E-state index in [9.17, 15) is 0 Å². The van der Waals surface area contributed by atoms with Gasteiger partial charge >= 0.3 is 0 Å². The van der Waals surface area contributed by atoms with Crippen LogP contribution in [-0.4, -0.2) is 43.1 Å². The van der Waals surface area contributed by atoms with Gasteiger partial charge in [-0.1, -0.05) is 11.6 Å². The number of rotatable bonds is 2. The molecule has 0 aromatic carbocycles. The molecule has 2 heterocycles. The molecule has 88 valence electrons. The SMILES string of the molecule is CN1CCCC(N(C)c2ccc(Cl)cn2)C1. The smallest absolute Gasteiger partial charge is 0.128 e. The third-order valence-corrected chi connectivity index (χ3v) is 3.44. The van der Waals surface area contributed by atoms with Gasteiger partial charge in [0, 0.05) is 25.8 Å². The molecule has 0 aliphatic carbocycles. The van der Waals surface area contributed by atoms with Crippen molar-refractivity contribution >= 4 is 17.4 Å². The molecule has 1 aliphatic rings. The van der Waals surface area contributed by atoms with Crippen molar-refractivity contribution in [3.63, 3.8) is 0 Å². The van der Waals surface area contributed by atoms with E-state index in [0.717, 1.165) is 12.4 Å². The average Bonchev–Trinajstić information content (AvgIpc) is 2.29. The number of pyridine rings is 1. The second-order valence-electron chi connectivity index (χ2n) is 4.50. The maximum atomic E-state index is 5.84. The van der Waals surface area contributed by atoms with E-state index >= 15 is 0 Å². The molecular weight excluding hydrogens is 222 g/mol.